The maximum atomic E-state index is 11.7. The molecule has 0 saturated heterocycles. The average molecular weight is 231 g/mol. The summed E-state index contributed by atoms with van der Waals surface area (Å²) in [5.74, 6) is -1.16. The van der Waals surface area contributed by atoms with E-state index in [-0.39, 0.29) is 17.9 Å². The summed E-state index contributed by atoms with van der Waals surface area (Å²) in [4.78, 5) is 24.2. The Kier molecular flexibility index (Phi) is 2.95. The molecule has 1 aromatic rings. The highest BCUT2D eigenvalue weighted by Crippen LogP contribution is 2.25. The molecule has 2 rings (SSSR count). The minimum absolute atomic E-state index is 0.00595. The van der Waals surface area contributed by atoms with Crippen LogP contribution in [0.3, 0.4) is 0 Å². The third-order valence-corrected chi connectivity index (χ3v) is 2.91. The van der Waals surface area contributed by atoms with Crippen molar-refractivity contribution in [2.24, 2.45) is 0 Å². The van der Waals surface area contributed by atoms with Crippen LogP contribution in [-0.4, -0.2) is 21.9 Å². The number of carboxylic acid groups (broad SMARTS) is 1. The van der Waals surface area contributed by atoms with Crippen molar-refractivity contribution in [2.75, 3.05) is 0 Å². The highest BCUT2D eigenvalue weighted by Gasteiger charge is 2.30. The van der Waals surface area contributed by atoms with Crippen molar-refractivity contribution in [2.45, 2.75) is 19.9 Å². The van der Waals surface area contributed by atoms with Crippen LogP contribution >= 0.6 is 0 Å². The average Bonchev–Trinajstić information content (AvgIpc) is 2.58. The number of allylic oxidation sites excluding steroid dienone is 1. The van der Waals surface area contributed by atoms with Gasteiger partial charge in [-0.3, -0.25) is 4.79 Å². The van der Waals surface area contributed by atoms with Crippen LogP contribution in [-0.2, 0) is 16.1 Å². The number of carbonyl (C=O) groups is 2. The van der Waals surface area contributed by atoms with Crippen molar-refractivity contribution in [3.05, 3.63) is 47.2 Å². The molecule has 0 aromatic heterocycles. The lowest BCUT2D eigenvalue weighted by molar-refractivity contribution is -0.134. The summed E-state index contributed by atoms with van der Waals surface area (Å²) in [5.41, 5.74) is 1.74. The molecule has 1 amide bonds. The first-order chi connectivity index (χ1) is 8.09. The van der Waals surface area contributed by atoms with Crippen molar-refractivity contribution in [1.82, 2.24) is 4.90 Å². The first-order valence-electron chi connectivity index (χ1n) is 5.37. The zero-order valence-electron chi connectivity index (χ0n) is 9.51. The lowest BCUT2D eigenvalue weighted by atomic mass is 10.2. The SMILES string of the molecule is CC1=C(C(=O)O)CC(=O)N1Cc1ccccc1. The van der Waals surface area contributed by atoms with E-state index in [1.54, 1.807) is 6.92 Å². The minimum atomic E-state index is -1.01. The second-order valence-electron chi connectivity index (χ2n) is 4.01. The number of benzene rings is 1. The molecule has 0 atom stereocenters. The van der Waals surface area contributed by atoms with Gasteiger partial charge in [-0.25, -0.2) is 4.79 Å². The lowest BCUT2D eigenvalue weighted by Gasteiger charge is -2.17. The number of carbonyl (C=O) groups excluding carboxylic acids is 1. The third-order valence-electron chi connectivity index (χ3n) is 2.91. The monoisotopic (exact) mass is 231 g/mol. The van der Waals surface area contributed by atoms with Gasteiger partial charge in [-0.15, -0.1) is 0 Å². The fourth-order valence-corrected chi connectivity index (χ4v) is 1.93. The number of rotatable bonds is 3. The van der Waals surface area contributed by atoms with Gasteiger partial charge in [0.05, 0.1) is 18.5 Å². The van der Waals surface area contributed by atoms with E-state index >= 15 is 0 Å². The van der Waals surface area contributed by atoms with Gasteiger partial charge in [-0.05, 0) is 12.5 Å². The number of amides is 1. The summed E-state index contributed by atoms with van der Waals surface area (Å²) in [7, 11) is 0. The van der Waals surface area contributed by atoms with E-state index in [4.69, 9.17) is 5.11 Å². The number of carboxylic acids is 1. The first kappa shape index (κ1) is 11.4. The Hall–Kier alpha value is -2.10. The van der Waals surface area contributed by atoms with Crippen molar-refractivity contribution in [3.8, 4) is 0 Å². The number of hydrogen-bond acceptors (Lipinski definition) is 2. The fraction of sp³-hybridized carbons (Fsp3) is 0.231. The van der Waals surface area contributed by atoms with E-state index in [9.17, 15) is 9.59 Å². The van der Waals surface area contributed by atoms with Gasteiger partial charge in [-0.2, -0.15) is 0 Å². The molecule has 0 aliphatic carbocycles. The van der Waals surface area contributed by atoms with E-state index in [1.807, 2.05) is 30.3 Å². The molecule has 0 unspecified atom stereocenters. The Morgan fingerprint density at radius 2 is 2.00 bits per heavy atom. The Morgan fingerprint density at radius 1 is 1.35 bits per heavy atom. The quantitative estimate of drug-likeness (QED) is 0.862. The third kappa shape index (κ3) is 2.20. The molecule has 1 aromatic carbocycles. The Labute approximate surface area is 99.2 Å². The van der Waals surface area contributed by atoms with Gasteiger partial charge in [0.15, 0.2) is 0 Å². The standard InChI is InChI=1S/C13H13NO3/c1-9-11(13(16)17)7-12(15)14(9)8-10-5-3-2-4-6-10/h2-6H,7-8H2,1H3,(H,16,17). The molecule has 17 heavy (non-hydrogen) atoms. The molecule has 0 saturated carbocycles. The van der Waals surface area contributed by atoms with Gasteiger partial charge in [0.1, 0.15) is 0 Å². The number of hydrogen-bond donors (Lipinski definition) is 1. The summed E-state index contributed by atoms with van der Waals surface area (Å²) >= 11 is 0. The predicted molar refractivity (Wildman–Crippen MR) is 61.9 cm³/mol. The van der Waals surface area contributed by atoms with Gasteiger partial charge in [0.2, 0.25) is 5.91 Å². The molecular formula is C13H13NO3. The Balaban J connectivity index is 2.22. The highest BCUT2D eigenvalue weighted by atomic mass is 16.4. The molecule has 0 spiro atoms. The van der Waals surface area contributed by atoms with E-state index < -0.39 is 5.97 Å². The maximum absolute atomic E-state index is 11.7. The number of aliphatic carboxylic acids is 1. The molecular weight excluding hydrogens is 218 g/mol. The van der Waals surface area contributed by atoms with E-state index in [2.05, 4.69) is 0 Å². The maximum Gasteiger partial charge on any atom is 0.333 e. The fourth-order valence-electron chi connectivity index (χ4n) is 1.93. The van der Waals surface area contributed by atoms with Gasteiger partial charge in [0, 0.05) is 5.70 Å². The van der Waals surface area contributed by atoms with Crippen LogP contribution in [0.1, 0.15) is 18.9 Å². The van der Waals surface area contributed by atoms with E-state index in [0.717, 1.165) is 5.56 Å². The van der Waals surface area contributed by atoms with Crippen LogP contribution in [0.25, 0.3) is 0 Å². The van der Waals surface area contributed by atoms with Crippen molar-refractivity contribution in [3.63, 3.8) is 0 Å². The molecule has 0 fully saturated rings. The molecule has 4 heteroatoms. The summed E-state index contributed by atoms with van der Waals surface area (Å²) in [6.07, 6.45) is -0.00595. The van der Waals surface area contributed by atoms with Crippen LogP contribution in [0, 0.1) is 0 Å². The number of nitrogens with zero attached hydrogens (tertiary/aromatic N) is 1. The topological polar surface area (TPSA) is 57.6 Å². The smallest absolute Gasteiger partial charge is 0.333 e. The minimum Gasteiger partial charge on any atom is -0.478 e. The van der Waals surface area contributed by atoms with Crippen LogP contribution in [0.2, 0.25) is 0 Å². The van der Waals surface area contributed by atoms with Gasteiger partial charge in [-0.1, -0.05) is 30.3 Å². The predicted octanol–water partition coefficient (Wildman–Crippen LogP) is 1.78. The molecule has 88 valence electrons. The van der Waals surface area contributed by atoms with E-state index in [1.165, 1.54) is 4.90 Å². The Bertz CT molecular complexity index is 491. The first-order valence-corrected chi connectivity index (χ1v) is 5.37. The summed E-state index contributed by atoms with van der Waals surface area (Å²) in [6, 6.07) is 9.53. The van der Waals surface area contributed by atoms with Crippen molar-refractivity contribution < 1.29 is 14.7 Å². The van der Waals surface area contributed by atoms with Gasteiger partial charge >= 0.3 is 5.97 Å². The highest BCUT2D eigenvalue weighted by molar-refractivity contribution is 5.99. The van der Waals surface area contributed by atoms with Crippen LogP contribution in [0.15, 0.2) is 41.6 Å². The Morgan fingerprint density at radius 3 is 2.53 bits per heavy atom. The summed E-state index contributed by atoms with van der Waals surface area (Å²) in [5, 5.41) is 8.95. The molecule has 0 radical (unpaired) electrons. The van der Waals surface area contributed by atoms with Crippen LogP contribution in [0.4, 0.5) is 0 Å². The van der Waals surface area contributed by atoms with Crippen LogP contribution in [0.5, 0.6) is 0 Å². The molecule has 1 aliphatic heterocycles. The second kappa shape index (κ2) is 4.41. The summed E-state index contributed by atoms with van der Waals surface area (Å²) in [6.45, 7) is 2.11. The van der Waals surface area contributed by atoms with E-state index in [0.29, 0.717) is 12.2 Å². The van der Waals surface area contributed by atoms with Crippen molar-refractivity contribution in [1.29, 1.82) is 0 Å². The molecule has 0 bridgehead atoms. The zero-order valence-corrected chi connectivity index (χ0v) is 9.51. The van der Waals surface area contributed by atoms with Gasteiger partial charge < -0.3 is 10.0 Å². The molecule has 1 N–H and O–H groups in total. The lowest BCUT2D eigenvalue weighted by Crippen LogP contribution is -2.23. The summed E-state index contributed by atoms with van der Waals surface area (Å²) < 4.78 is 0. The largest absolute Gasteiger partial charge is 0.478 e. The molecule has 1 aliphatic rings. The zero-order chi connectivity index (χ0) is 12.4. The second-order valence-corrected chi connectivity index (χ2v) is 4.01. The van der Waals surface area contributed by atoms with Crippen LogP contribution < -0.4 is 0 Å². The van der Waals surface area contributed by atoms with Crippen molar-refractivity contribution >= 4 is 11.9 Å². The normalized spacial score (nSPS) is 15.6. The molecule has 1 heterocycles. The molecule has 4 nitrogen and oxygen atoms in total. The van der Waals surface area contributed by atoms with Gasteiger partial charge in [0.25, 0.3) is 0 Å².